The number of thiazole rings is 1. The lowest BCUT2D eigenvalue weighted by molar-refractivity contribution is 0.598. The molecule has 0 aromatic carbocycles. The van der Waals surface area contributed by atoms with Crippen LogP contribution in [0.15, 0.2) is 35.5 Å². The van der Waals surface area contributed by atoms with Crippen LogP contribution < -0.4 is 4.90 Å². The molecule has 2 aliphatic rings. The third kappa shape index (κ3) is 2.70. The Balaban J connectivity index is 1.42. The highest BCUT2D eigenvalue weighted by atomic mass is 32.2. The first-order valence-corrected chi connectivity index (χ1v) is 10.3. The Kier molecular flexibility index (Phi) is 3.69. The van der Waals surface area contributed by atoms with E-state index in [1.54, 1.807) is 23.7 Å². The smallest absolute Gasteiger partial charge is 0.226 e. The lowest BCUT2D eigenvalue weighted by Gasteiger charge is -2.26. The summed E-state index contributed by atoms with van der Waals surface area (Å²) in [5, 5.41) is 0.970. The lowest BCUT2D eigenvalue weighted by atomic mass is 10.2. The predicted octanol–water partition coefficient (Wildman–Crippen LogP) is 2.22. The standard InChI is InChI=1S/C17H15N5OS2/c23-25-8-5-12-15(25)9-19-17(21-12)22-7-4-11-14(10-22)24-16(20-11)13-3-1-2-6-18-13/h1-3,6,9H,4-5,7-8,10H2. The minimum absolute atomic E-state index is 0.667. The highest BCUT2D eigenvalue weighted by Crippen LogP contribution is 2.32. The summed E-state index contributed by atoms with van der Waals surface area (Å²) in [6.07, 6.45) is 5.19. The number of rotatable bonds is 2. The van der Waals surface area contributed by atoms with Crippen LogP contribution in [0.4, 0.5) is 5.95 Å². The molecule has 0 N–H and O–H groups in total. The zero-order chi connectivity index (χ0) is 16.8. The molecule has 0 fully saturated rings. The molecule has 5 heterocycles. The fraction of sp³-hybridized carbons (Fsp3) is 0.294. The highest BCUT2D eigenvalue weighted by Gasteiger charge is 2.29. The summed E-state index contributed by atoms with van der Waals surface area (Å²) in [4.78, 5) is 22.5. The Morgan fingerprint density at radius 3 is 2.96 bits per heavy atom. The van der Waals surface area contributed by atoms with Gasteiger partial charge in [0.15, 0.2) is 4.90 Å². The number of nitrogens with zero attached hydrogens (tertiary/aromatic N) is 5. The Hall–Kier alpha value is -2.03. The van der Waals surface area contributed by atoms with Gasteiger partial charge in [0.1, 0.15) is 16.5 Å². The van der Waals surface area contributed by atoms with Crippen molar-refractivity contribution in [3.8, 4) is 10.7 Å². The molecule has 0 bridgehead atoms. The van der Waals surface area contributed by atoms with Crippen molar-refractivity contribution in [2.45, 2.75) is 24.3 Å². The molecule has 5 rings (SSSR count). The molecule has 1 unspecified atom stereocenters. The van der Waals surface area contributed by atoms with Crippen molar-refractivity contribution in [1.82, 2.24) is 19.9 Å². The van der Waals surface area contributed by atoms with Crippen molar-refractivity contribution >= 4 is 28.5 Å². The molecule has 126 valence electrons. The van der Waals surface area contributed by atoms with Gasteiger partial charge in [0.05, 0.1) is 24.1 Å². The Morgan fingerprint density at radius 1 is 1.12 bits per heavy atom. The van der Waals surface area contributed by atoms with Crippen LogP contribution in [0.5, 0.6) is 0 Å². The fourth-order valence-electron chi connectivity index (χ4n) is 3.18. The summed E-state index contributed by atoms with van der Waals surface area (Å²) in [6, 6.07) is 5.89. The molecule has 25 heavy (non-hydrogen) atoms. The molecule has 0 spiro atoms. The van der Waals surface area contributed by atoms with Gasteiger partial charge >= 0.3 is 0 Å². The maximum absolute atomic E-state index is 11.9. The third-order valence-electron chi connectivity index (χ3n) is 4.48. The second kappa shape index (κ2) is 6.05. The van der Waals surface area contributed by atoms with Crippen LogP contribution in [-0.2, 0) is 30.6 Å². The summed E-state index contributed by atoms with van der Waals surface area (Å²) in [7, 11) is 0. The molecule has 0 radical (unpaired) electrons. The molecule has 6 nitrogen and oxygen atoms in total. The topological polar surface area (TPSA) is 77.9 Å². The number of aromatic nitrogens is 4. The van der Waals surface area contributed by atoms with Gasteiger partial charge in [-0.3, -0.25) is 4.98 Å². The fourth-order valence-corrected chi connectivity index (χ4v) is 5.46. The van der Waals surface area contributed by atoms with Gasteiger partial charge in [-0.1, -0.05) is 6.07 Å². The predicted molar refractivity (Wildman–Crippen MR) is 97.1 cm³/mol. The molecule has 2 aliphatic heterocycles. The molecule has 0 saturated carbocycles. The van der Waals surface area contributed by atoms with Crippen molar-refractivity contribution in [2.24, 2.45) is 0 Å². The van der Waals surface area contributed by atoms with Crippen molar-refractivity contribution in [3.63, 3.8) is 0 Å². The van der Waals surface area contributed by atoms with E-state index in [0.717, 1.165) is 58.9 Å². The Labute approximate surface area is 152 Å². The number of hydrogen-bond acceptors (Lipinski definition) is 7. The maximum Gasteiger partial charge on any atom is 0.226 e. The molecule has 0 aliphatic carbocycles. The molecule has 1 atom stereocenters. The molecule has 3 aromatic heterocycles. The van der Waals surface area contributed by atoms with Gasteiger partial charge in [-0.15, -0.1) is 11.3 Å². The van der Waals surface area contributed by atoms with Crippen molar-refractivity contribution in [1.29, 1.82) is 0 Å². The van der Waals surface area contributed by atoms with Gasteiger partial charge < -0.3 is 9.45 Å². The number of fused-ring (bicyclic) bond motifs is 2. The van der Waals surface area contributed by atoms with Crippen LogP contribution in [0.1, 0.15) is 16.3 Å². The molecule has 3 aromatic rings. The molecular weight excluding hydrogens is 354 g/mol. The summed E-state index contributed by atoms with van der Waals surface area (Å²) >= 11 is 0.770. The third-order valence-corrected chi connectivity index (χ3v) is 7.00. The molecule has 8 heteroatoms. The van der Waals surface area contributed by atoms with Gasteiger partial charge in [-0.25, -0.2) is 15.0 Å². The molecule has 0 amide bonds. The Bertz CT molecular complexity index is 930. The average molecular weight is 369 g/mol. The first-order valence-electron chi connectivity index (χ1n) is 8.17. The summed E-state index contributed by atoms with van der Waals surface area (Å²) in [6.45, 7) is 1.61. The van der Waals surface area contributed by atoms with Gasteiger partial charge in [-0.05, 0) is 23.3 Å². The first-order chi connectivity index (χ1) is 12.3. The van der Waals surface area contributed by atoms with Crippen LogP contribution >= 0.6 is 11.3 Å². The largest absolute Gasteiger partial charge is 0.611 e. The van der Waals surface area contributed by atoms with E-state index in [1.807, 2.05) is 18.2 Å². The number of anilines is 1. The monoisotopic (exact) mass is 369 g/mol. The van der Waals surface area contributed by atoms with Crippen LogP contribution in [0.3, 0.4) is 0 Å². The maximum atomic E-state index is 11.9. The van der Waals surface area contributed by atoms with Gasteiger partial charge in [0.2, 0.25) is 5.95 Å². The Morgan fingerprint density at radius 2 is 2.08 bits per heavy atom. The van der Waals surface area contributed by atoms with Crippen LogP contribution in [0, 0.1) is 0 Å². The van der Waals surface area contributed by atoms with E-state index >= 15 is 0 Å². The lowest BCUT2D eigenvalue weighted by Crippen LogP contribution is -2.31. The zero-order valence-corrected chi connectivity index (χ0v) is 15.0. The molecular formula is C17H15N5OS2. The first kappa shape index (κ1) is 15.2. The van der Waals surface area contributed by atoms with Crippen LogP contribution in [0.25, 0.3) is 10.7 Å². The average Bonchev–Trinajstić information content (AvgIpc) is 3.25. The normalized spacial score (nSPS) is 18.9. The van der Waals surface area contributed by atoms with Gasteiger partial charge in [-0.2, -0.15) is 0 Å². The second-order valence-electron chi connectivity index (χ2n) is 6.06. The van der Waals surface area contributed by atoms with E-state index in [4.69, 9.17) is 4.98 Å². The van der Waals surface area contributed by atoms with E-state index in [-0.39, 0.29) is 0 Å². The van der Waals surface area contributed by atoms with Crippen molar-refractivity contribution in [2.75, 3.05) is 17.2 Å². The van der Waals surface area contributed by atoms with Gasteiger partial charge in [0.25, 0.3) is 0 Å². The minimum atomic E-state index is -0.924. The summed E-state index contributed by atoms with van der Waals surface area (Å²) < 4.78 is 11.9. The zero-order valence-electron chi connectivity index (χ0n) is 13.4. The summed E-state index contributed by atoms with van der Waals surface area (Å²) in [5.41, 5.74) is 3.02. The van der Waals surface area contributed by atoms with E-state index < -0.39 is 11.2 Å². The quantitative estimate of drug-likeness (QED) is 0.645. The second-order valence-corrected chi connectivity index (χ2v) is 8.68. The summed E-state index contributed by atoms with van der Waals surface area (Å²) in [5.74, 6) is 1.40. The number of aryl methyl sites for hydroxylation is 1. The van der Waals surface area contributed by atoms with Gasteiger partial charge in [0, 0.05) is 30.5 Å². The van der Waals surface area contributed by atoms with Crippen LogP contribution in [0.2, 0.25) is 0 Å². The highest BCUT2D eigenvalue weighted by molar-refractivity contribution is 7.91. The molecule has 0 saturated heterocycles. The van der Waals surface area contributed by atoms with Crippen molar-refractivity contribution < 1.29 is 4.55 Å². The van der Waals surface area contributed by atoms with E-state index in [9.17, 15) is 4.55 Å². The number of hydrogen-bond donors (Lipinski definition) is 0. The minimum Gasteiger partial charge on any atom is -0.611 e. The SMILES string of the molecule is [O-][S+]1CCc2nc(N3CCc4nc(-c5ccccn5)sc4C3)ncc21. The van der Waals surface area contributed by atoms with E-state index in [0.29, 0.717) is 5.75 Å². The van der Waals surface area contributed by atoms with E-state index in [1.165, 1.54) is 4.88 Å². The van der Waals surface area contributed by atoms with Crippen LogP contribution in [-0.4, -0.2) is 36.8 Å². The number of pyridine rings is 1. The van der Waals surface area contributed by atoms with E-state index in [2.05, 4.69) is 19.9 Å². The van der Waals surface area contributed by atoms with Crippen molar-refractivity contribution in [3.05, 3.63) is 46.9 Å².